The van der Waals surface area contributed by atoms with Gasteiger partial charge in [-0.15, -0.1) is 0 Å². The second-order valence-electron chi connectivity index (χ2n) is 5.43. The maximum atomic E-state index is 5.77. The van der Waals surface area contributed by atoms with Crippen molar-refractivity contribution in [1.29, 1.82) is 0 Å². The number of nitrogens with zero attached hydrogens (tertiary/aromatic N) is 2. The predicted octanol–water partition coefficient (Wildman–Crippen LogP) is 3.44. The molecule has 0 spiro atoms. The Morgan fingerprint density at radius 2 is 1.90 bits per heavy atom. The van der Waals surface area contributed by atoms with E-state index in [0.29, 0.717) is 11.0 Å². The van der Waals surface area contributed by atoms with Crippen LogP contribution in [0.1, 0.15) is 30.7 Å². The van der Waals surface area contributed by atoms with Crippen LogP contribution in [0.5, 0.6) is 0 Å². The Morgan fingerprint density at radius 1 is 1.24 bits per heavy atom. The number of hydrogen-bond acceptors (Lipinski definition) is 3. The first kappa shape index (κ1) is 15.4. The van der Waals surface area contributed by atoms with Crippen molar-refractivity contribution in [2.24, 2.45) is 5.73 Å². The van der Waals surface area contributed by atoms with E-state index < -0.39 is 0 Å². The fourth-order valence-electron chi connectivity index (χ4n) is 2.25. The summed E-state index contributed by atoms with van der Waals surface area (Å²) in [5.41, 5.74) is 8.81. The third kappa shape index (κ3) is 4.02. The minimum Gasteiger partial charge on any atom is -0.389 e. The molecule has 4 heteroatoms. The first-order chi connectivity index (χ1) is 9.97. The molecule has 0 saturated carbocycles. The minimum absolute atomic E-state index is 0.332. The van der Waals surface area contributed by atoms with Gasteiger partial charge in [-0.25, -0.2) is 4.98 Å². The summed E-state index contributed by atoms with van der Waals surface area (Å²) < 4.78 is 0. The van der Waals surface area contributed by atoms with Crippen LogP contribution in [-0.4, -0.2) is 16.0 Å². The van der Waals surface area contributed by atoms with E-state index in [-0.39, 0.29) is 0 Å². The van der Waals surface area contributed by atoms with E-state index in [1.165, 1.54) is 5.56 Å². The summed E-state index contributed by atoms with van der Waals surface area (Å²) in [4.78, 5) is 7.31. The molecular weight excluding hydrogens is 278 g/mol. The maximum Gasteiger partial charge on any atom is 0.130 e. The van der Waals surface area contributed by atoms with Crippen LogP contribution in [0, 0.1) is 6.92 Å². The van der Waals surface area contributed by atoms with Gasteiger partial charge >= 0.3 is 0 Å². The largest absolute Gasteiger partial charge is 0.389 e. The van der Waals surface area contributed by atoms with Crippen LogP contribution < -0.4 is 10.6 Å². The minimum atomic E-state index is 0.332. The Balaban J connectivity index is 2.36. The summed E-state index contributed by atoms with van der Waals surface area (Å²) >= 11 is 5.09. The van der Waals surface area contributed by atoms with Gasteiger partial charge in [0.25, 0.3) is 0 Å². The Kier molecular flexibility index (Phi) is 4.91. The topological polar surface area (TPSA) is 42.1 Å². The standard InChI is InChI=1S/C17H21N3S/c1-12(2)20(11-14-7-5-4-6-8-14)16-10-15(17(18)21)9-13(3)19-16/h4-10,12H,11H2,1-3H3,(H2,18,21). The van der Waals surface area contributed by atoms with E-state index in [1.807, 2.05) is 25.1 Å². The molecule has 0 bridgehead atoms. The lowest BCUT2D eigenvalue weighted by atomic mass is 10.1. The summed E-state index contributed by atoms with van der Waals surface area (Å²) in [6, 6.07) is 14.6. The Hall–Kier alpha value is -1.94. The van der Waals surface area contributed by atoms with E-state index in [4.69, 9.17) is 18.0 Å². The number of thiocarbonyl (C=S) groups is 1. The molecule has 1 aromatic heterocycles. The van der Waals surface area contributed by atoms with E-state index in [0.717, 1.165) is 23.6 Å². The third-order valence-electron chi connectivity index (χ3n) is 3.34. The van der Waals surface area contributed by atoms with Crippen molar-refractivity contribution < 1.29 is 0 Å². The zero-order valence-electron chi connectivity index (χ0n) is 12.7. The molecule has 0 aliphatic rings. The summed E-state index contributed by atoms with van der Waals surface area (Å²) in [5.74, 6) is 0.914. The van der Waals surface area contributed by atoms with Gasteiger partial charge in [-0.05, 0) is 38.5 Å². The van der Waals surface area contributed by atoms with E-state index >= 15 is 0 Å². The Labute approximate surface area is 131 Å². The fraction of sp³-hybridized carbons (Fsp3) is 0.294. The van der Waals surface area contributed by atoms with Crippen molar-refractivity contribution in [1.82, 2.24) is 4.98 Å². The molecule has 3 nitrogen and oxygen atoms in total. The van der Waals surface area contributed by atoms with Crippen molar-refractivity contribution >= 4 is 23.0 Å². The van der Waals surface area contributed by atoms with Gasteiger partial charge in [-0.3, -0.25) is 0 Å². The summed E-state index contributed by atoms with van der Waals surface area (Å²) in [6.07, 6.45) is 0. The molecule has 0 radical (unpaired) electrons. The number of pyridine rings is 1. The Bertz CT molecular complexity index is 623. The van der Waals surface area contributed by atoms with Gasteiger partial charge in [0.05, 0.1) is 0 Å². The van der Waals surface area contributed by atoms with Gasteiger partial charge < -0.3 is 10.6 Å². The quantitative estimate of drug-likeness (QED) is 0.859. The summed E-state index contributed by atoms with van der Waals surface area (Å²) in [5, 5.41) is 0. The number of aryl methyl sites for hydroxylation is 1. The first-order valence-corrected chi connectivity index (χ1v) is 7.47. The highest BCUT2D eigenvalue weighted by atomic mass is 32.1. The molecule has 0 aliphatic carbocycles. The lowest BCUT2D eigenvalue weighted by Gasteiger charge is -2.28. The smallest absolute Gasteiger partial charge is 0.130 e. The molecule has 2 N–H and O–H groups in total. The van der Waals surface area contributed by atoms with Crippen molar-refractivity contribution in [3.8, 4) is 0 Å². The molecule has 0 saturated heterocycles. The van der Waals surface area contributed by atoms with Crippen LogP contribution in [0.4, 0.5) is 5.82 Å². The monoisotopic (exact) mass is 299 g/mol. The second kappa shape index (κ2) is 6.68. The molecule has 0 amide bonds. The number of hydrogen-bond donors (Lipinski definition) is 1. The average molecular weight is 299 g/mol. The highest BCUT2D eigenvalue weighted by Crippen LogP contribution is 2.20. The molecule has 0 unspecified atom stereocenters. The van der Waals surface area contributed by atoms with Crippen molar-refractivity contribution in [2.45, 2.75) is 33.4 Å². The summed E-state index contributed by atoms with van der Waals surface area (Å²) in [6.45, 7) is 7.10. The van der Waals surface area contributed by atoms with E-state index in [1.54, 1.807) is 0 Å². The molecule has 0 atom stereocenters. The van der Waals surface area contributed by atoms with Crippen molar-refractivity contribution in [3.05, 3.63) is 59.3 Å². The van der Waals surface area contributed by atoms with Crippen LogP contribution in [-0.2, 0) is 6.54 Å². The van der Waals surface area contributed by atoms with Crippen LogP contribution in [0.15, 0.2) is 42.5 Å². The summed E-state index contributed by atoms with van der Waals surface area (Å²) in [7, 11) is 0. The zero-order valence-corrected chi connectivity index (χ0v) is 13.5. The average Bonchev–Trinajstić information content (AvgIpc) is 2.44. The van der Waals surface area contributed by atoms with Gasteiger partial charge in [0, 0.05) is 23.8 Å². The molecule has 110 valence electrons. The van der Waals surface area contributed by atoms with Gasteiger partial charge in [0.1, 0.15) is 10.8 Å². The first-order valence-electron chi connectivity index (χ1n) is 7.06. The highest BCUT2D eigenvalue weighted by Gasteiger charge is 2.14. The van der Waals surface area contributed by atoms with E-state index in [2.05, 4.69) is 48.0 Å². The molecule has 1 aromatic carbocycles. The predicted molar refractivity (Wildman–Crippen MR) is 92.6 cm³/mol. The zero-order chi connectivity index (χ0) is 15.4. The van der Waals surface area contributed by atoms with Crippen LogP contribution in [0.3, 0.4) is 0 Å². The molecule has 0 aliphatic heterocycles. The Morgan fingerprint density at radius 3 is 2.48 bits per heavy atom. The SMILES string of the molecule is Cc1cc(C(N)=S)cc(N(Cc2ccccc2)C(C)C)n1. The molecule has 2 rings (SSSR count). The maximum absolute atomic E-state index is 5.77. The normalized spacial score (nSPS) is 10.7. The van der Waals surface area contributed by atoms with Gasteiger partial charge in [0.15, 0.2) is 0 Å². The highest BCUT2D eigenvalue weighted by molar-refractivity contribution is 7.80. The number of rotatable bonds is 5. The van der Waals surface area contributed by atoms with Crippen molar-refractivity contribution in [2.75, 3.05) is 4.90 Å². The molecular formula is C17H21N3S. The molecule has 1 heterocycles. The van der Waals surface area contributed by atoms with Gasteiger partial charge in [-0.1, -0.05) is 42.5 Å². The number of aromatic nitrogens is 1. The van der Waals surface area contributed by atoms with E-state index in [9.17, 15) is 0 Å². The van der Waals surface area contributed by atoms with Gasteiger partial charge in [-0.2, -0.15) is 0 Å². The number of anilines is 1. The number of nitrogens with two attached hydrogens (primary N) is 1. The van der Waals surface area contributed by atoms with Crippen LogP contribution in [0.25, 0.3) is 0 Å². The fourth-order valence-corrected chi connectivity index (χ4v) is 2.37. The number of benzene rings is 1. The van der Waals surface area contributed by atoms with Crippen molar-refractivity contribution in [3.63, 3.8) is 0 Å². The lowest BCUT2D eigenvalue weighted by molar-refractivity contribution is 0.671. The van der Waals surface area contributed by atoms with Crippen LogP contribution in [0.2, 0.25) is 0 Å². The van der Waals surface area contributed by atoms with Gasteiger partial charge in [0.2, 0.25) is 0 Å². The lowest BCUT2D eigenvalue weighted by Crippen LogP contribution is -2.31. The van der Waals surface area contributed by atoms with Crippen LogP contribution >= 0.6 is 12.2 Å². The molecule has 21 heavy (non-hydrogen) atoms. The third-order valence-corrected chi connectivity index (χ3v) is 3.57. The molecule has 0 fully saturated rings. The second-order valence-corrected chi connectivity index (χ2v) is 5.87. The molecule has 2 aromatic rings.